The summed E-state index contributed by atoms with van der Waals surface area (Å²) in [6.07, 6.45) is 1.28. The molecule has 0 aliphatic rings. The Kier molecular flexibility index (Phi) is 5.31. The van der Waals surface area contributed by atoms with Gasteiger partial charge in [0.2, 0.25) is 0 Å². The van der Waals surface area contributed by atoms with Gasteiger partial charge in [0.25, 0.3) is 0 Å². The summed E-state index contributed by atoms with van der Waals surface area (Å²) in [5.41, 5.74) is 13.6. The maximum Gasteiger partial charge on any atom is 0.320 e. The zero-order chi connectivity index (χ0) is 13.7. The third-order valence-corrected chi connectivity index (χ3v) is 2.91. The molecule has 0 heterocycles. The van der Waals surface area contributed by atoms with Crippen LogP contribution in [0.3, 0.4) is 0 Å². The van der Waals surface area contributed by atoms with Crippen LogP contribution in [0.2, 0.25) is 0 Å². The highest BCUT2D eigenvalue weighted by molar-refractivity contribution is 5.73. The van der Waals surface area contributed by atoms with E-state index in [0.717, 1.165) is 17.5 Å². The predicted octanol–water partition coefficient (Wildman–Crippen LogP) is 1.69. The van der Waals surface area contributed by atoms with E-state index in [1.54, 1.807) is 0 Å². The van der Waals surface area contributed by atoms with E-state index < -0.39 is 12.0 Å². The molecule has 0 amide bonds. The van der Waals surface area contributed by atoms with Crippen LogP contribution in [0.4, 0.5) is 0 Å². The Morgan fingerprint density at radius 3 is 2.22 bits per heavy atom. The molecule has 0 aliphatic carbocycles. The first kappa shape index (κ1) is 14.7. The number of aliphatic carboxylic acids is 1. The highest BCUT2D eigenvalue weighted by atomic mass is 16.4. The van der Waals surface area contributed by atoms with E-state index in [-0.39, 0.29) is 6.04 Å². The van der Waals surface area contributed by atoms with Gasteiger partial charge < -0.3 is 16.6 Å². The van der Waals surface area contributed by atoms with Crippen LogP contribution >= 0.6 is 0 Å². The molecule has 1 rings (SSSR count). The van der Waals surface area contributed by atoms with E-state index in [1.807, 2.05) is 24.3 Å². The lowest BCUT2D eigenvalue weighted by Gasteiger charge is -2.15. The molecule has 18 heavy (non-hydrogen) atoms. The van der Waals surface area contributed by atoms with Crippen LogP contribution < -0.4 is 11.5 Å². The number of hydrogen-bond donors (Lipinski definition) is 3. The van der Waals surface area contributed by atoms with Crippen molar-refractivity contribution in [1.29, 1.82) is 0 Å². The Bertz CT molecular complexity index is 387. The Morgan fingerprint density at radius 1 is 1.22 bits per heavy atom. The molecule has 0 radical (unpaired) electrons. The van der Waals surface area contributed by atoms with E-state index >= 15 is 0 Å². The Morgan fingerprint density at radius 2 is 1.78 bits per heavy atom. The number of rotatable bonds is 6. The molecule has 1 unspecified atom stereocenters. The summed E-state index contributed by atoms with van der Waals surface area (Å²) >= 11 is 0. The third-order valence-electron chi connectivity index (χ3n) is 2.91. The summed E-state index contributed by atoms with van der Waals surface area (Å²) < 4.78 is 0. The van der Waals surface area contributed by atoms with Crippen molar-refractivity contribution < 1.29 is 9.90 Å². The molecule has 0 spiro atoms. The van der Waals surface area contributed by atoms with Crippen LogP contribution in [0.5, 0.6) is 0 Å². The molecule has 0 aromatic heterocycles. The lowest BCUT2D eigenvalue weighted by molar-refractivity contribution is -0.138. The molecular formula is C14H22N2O2. The predicted molar refractivity (Wildman–Crippen MR) is 72.1 cm³/mol. The summed E-state index contributed by atoms with van der Waals surface area (Å²) in [6, 6.07) is 6.90. The van der Waals surface area contributed by atoms with Gasteiger partial charge in [-0.15, -0.1) is 0 Å². The number of nitrogens with two attached hydrogens (primary N) is 2. The molecule has 1 aromatic carbocycles. The molecule has 1 aromatic rings. The van der Waals surface area contributed by atoms with Gasteiger partial charge in [-0.3, -0.25) is 4.79 Å². The van der Waals surface area contributed by atoms with Crippen LogP contribution in [0.25, 0.3) is 0 Å². The Balaban J connectivity index is 2.65. The first-order valence-corrected chi connectivity index (χ1v) is 6.23. The molecule has 2 atom stereocenters. The van der Waals surface area contributed by atoms with Crippen molar-refractivity contribution >= 4 is 5.97 Å². The SMILES string of the molecule is CC(C)CC(N)c1ccc(C[C@H](N)C(=O)O)cc1. The number of carboxylic acid groups (broad SMARTS) is 1. The Hall–Kier alpha value is -1.39. The average Bonchev–Trinajstić information content (AvgIpc) is 2.28. The van der Waals surface area contributed by atoms with Gasteiger partial charge in [0.05, 0.1) is 0 Å². The van der Waals surface area contributed by atoms with Gasteiger partial charge in [-0.2, -0.15) is 0 Å². The average molecular weight is 250 g/mol. The first-order chi connectivity index (χ1) is 8.40. The standard InChI is InChI=1S/C14H22N2O2/c1-9(2)7-12(15)11-5-3-10(4-6-11)8-13(16)14(17)18/h3-6,9,12-13H,7-8,15-16H2,1-2H3,(H,17,18)/t12?,13-/m0/s1. The summed E-state index contributed by atoms with van der Waals surface area (Å²) in [6.45, 7) is 4.28. The van der Waals surface area contributed by atoms with E-state index in [9.17, 15) is 4.79 Å². The lowest BCUT2D eigenvalue weighted by Crippen LogP contribution is -2.32. The topological polar surface area (TPSA) is 89.3 Å². The first-order valence-electron chi connectivity index (χ1n) is 6.23. The molecule has 100 valence electrons. The zero-order valence-corrected chi connectivity index (χ0v) is 11.0. The second kappa shape index (κ2) is 6.52. The van der Waals surface area contributed by atoms with Gasteiger partial charge in [0.15, 0.2) is 0 Å². The lowest BCUT2D eigenvalue weighted by atomic mass is 9.96. The molecule has 0 saturated carbocycles. The van der Waals surface area contributed by atoms with E-state index in [4.69, 9.17) is 16.6 Å². The molecule has 0 bridgehead atoms. The molecule has 4 nitrogen and oxygen atoms in total. The molecule has 4 heteroatoms. The van der Waals surface area contributed by atoms with E-state index in [0.29, 0.717) is 12.3 Å². The summed E-state index contributed by atoms with van der Waals surface area (Å²) in [4.78, 5) is 10.7. The quantitative estimate of drug-likeness (QED) is 0.716. The molecule has 0 aliphatic heterocycles. The Labute approximate surface area is 108 Å². The van der Waals surface area contributed by atoms with Gasteiger partial charge in [-0.05, 0) is 29.9 Å². The van der Waals surface area contributed by atoms with Crippen LogP contribution in [0.1, 0.15) is 37.4 Å². The fraction of sp³-hybridized carbons (Fsp3) is 0.500. The van der Waals surface area contributed by atoms with E-state index in [2.05, 4.69) is 13.8 Å². The van der Waals surface area contributed by atoms with Crippen molar-refractivity contribution in [3.63, 3.8) is 0 Å². The summed E-state index contributed by atoms with van der Waals surface area (Å²) in [5.74, 6) is -0.421. The molecule has 5 N–H and O–H groups in total. The highest BCUT2D eigenvalue weighted by Crippen LogP contribution is 2.19. The number of benzene rings is 1. The van der Waals surface area contributed by atoms with Crippen molar-refractivity contribution in [1.82, 2.24) is 0 Å². The van der Waals surface area contributed by atoms with Crippen molar-refractivity contribution in [2.24, 2.45) is 17.4 Å². The maximum atomic E-state index is 10.7. The fourth-order valence-corrected chi connectivity index (χ4v) is 1.89. The van der Waals surface area contributed by atoms with Crippen LogP contribution in [-0.2, 0) is 11.2 Å². The van der Waals surface area contributed by atoms with Crippen LogP contribution in [0.15, 0.2) is 24.3 Å². The minimum Gasteiger partial charge on any atom is -0.480 e. The minimum absolute atomic E-state index is 0.0344. The maximum absolute atomic E-state index is 10.7. The summed E-state index contributed by atoms with van der Waals surface area (Å²) in [5, 5.41) is 8.74. The number of hydrogen-bond acceptors (Lipinski definition) is 3. The molecular weight excluding hydrogens is 228 g/mol. The van der Waals surface area contributed by atoms with Gasteiger partial charge in [-0.25, -0.2) is 0 Å². The number of carboxylic acids is 1. The second-order valence-electron chi connectivity index (χ2n) is 5.13. The fourth-order valence-electron chi connectivity index (χ4n) is 1.89. The van der Waals surface area contributed by atoms with E-state index in [1.165, 1.54) is 0 Å². The minimum atomic E-state index is -0.976. The van der Waals surface area contributed by atoms with Crippen molar-refractivity contribution in [3.05, 3.63) is 35.4 Å². The monoisotopic (exact) mass is 250 g/mol. The number of carbonyl (C=O) groups is 1. The highest BCUT2D eigenvalue weighted by Gasteiger charge is 2.13. The van der Waals surface area contributed by atoms with Crippen molar-refractivity contribution in [3.8, 4) is 0 Å². The second-order valence-corrected chi connectivity index (χ2v) is 5.13. The smallest absolute Gasteiger partial charge is 0.320 e. The van der Waals surface area contributed by atoms with Crippen LogP contribution in [0, 0.1) is 5.92 Å². The van der Waals surface area contributed by atoms with Crippen molar-refractivity contribution in [2.75, 3.05) is 0 Å². The van der Waals surface area contributed by atoms with Gasteiger partial charge >= 0.3 is 5.97 Å². The zero-order valence-electron chi connectivity index (χ0n) is 11.0. The summed E-state index contributed by atoms with van der Waals surface area (Å²) in [7, 11) is 0. The van der Waals surface area contributed by atoms with Crippen LogP contribution in [-0.4, -0.2) is 17.1 Å². The third kappa shape index (κ3) is 4.47. The van der Waals surface area contributed by atoms with Gasteiger partial charge in [0.1, 0.15) is 6.04 Å². The molecule has 0 fully saturated rings. The van der Waals surface area contributed by atoms with Gasteiger partial charge in [0, 0.05) is 6.04 Å². The molecule has 0 saturated heterocycles. The van der Waals surface area contributed by atoms with Crippen molar-refractivity contribution in [2.45, 2.75) is 38.8 Å². The largest absolute Gasteiger partial charge is 0.480 e. The normalized spacial score (nSPS) is 14.5. The van der Waals surface area contributed by atoms with Gasteiger partial charge in [-0.1, -0.05) is 38.1 Å².